The number of nitro groups is 1. The molecule has 1 aromatic heterocycles. The van der Waals surface area contributed by atoms with Gasteiger partial charge in [-0.1, -0.05) is 0 Å². The van der Waals surface area contributed by atoms with Crippen molar-refractivity contribution < 1.29 is 27.6 Å². The Morgan fingerprint density at radius 3 is 2.59 bits per heavy atom. The molecule has 1 aromatic carbocycles. The summed E-state index contributed by atoms with van der Waals surface area (Å²) < 4.78 is 43.2. The van der Waals surface area contributed by atoms with Crippen molar-refractivity contribution in [2.75, 3.05) is 7.11 Å². The van der Waals surface area contributed by atoms with Gasteiger partial charge in [-0.2, -0.15) is 18.3 Å². The third kappa shape index (κ3) is 2.90. The van der Waals surface area contributed by atoms with E-state index < -0.39 is 28.3 Å². The number of carbonyl (C=O) groups excluding carboxylic acids is 1. The summed E-state index contributed by atoms with van der Waals surface area (Å²) in [6, 6.07) is 3.25. The van der Waals surface area contributed by atoms with Gasteiger partial charge in [-0.25, -0.2) is 9.48 Å². The molecule has 0 saturated heterocycles. The number of nitro benzene ring substituents is 1. The molecule has 116 valence electrons. The molecule has 7 nitrogen and oxygen atoms in total. The summed E-state index contributed by atoms with van der Waals surface area (Å²) >= 11 is 0. The smallest absolute Gasteiger partial charge is 0.416 e. The molecular weight excluding hydrogens is 307 g/mol. The topological polar surface area (TPSA) is 87.3 Å². The third-order valence-corrected chi connectivity index (χ3v) is 2.73. The summed E-state index contributed by atoms with van der Waals surface area (Å²) in [4.78, 5) is 21.3. The van der Waals surface area contributed by atoms with Crippen LogP contribution in [0.4, 0.5) is 18.9 Å². The van der Waals surface area contributed by atoms with E-state index in [4.69, 9.17) is 0 Å². The van der Waals surface area contributed by atoms with Crippen molar-refractivity contribution in [3.63, 3.8) is 0 Å². The fraction of sp³-hybridized carbons (Fsp3) is 0.167. The van der Waals surface area contributed by atoms with Crippen LogP contribution in [0.3, 0.4) is 0 Å². The quantitative estimate of drug-likeness (QED) is 0.493. The zero-order chi connectivity index (χ0) is 16.5. The van der Waals surface area contributed by atoms with Crippen molar-refractivity contribution in [2.24, 2.45) is 0 Å². The summed E-state index contributed by atoms with van der Waals surface area (Å²) in [6.07, 6.45) is -3.49. The Balaban J connectivity index is 2.53. The lowest BCUT2D eigenvalue weighted by molar-refractivity contribution is -0.384. The molecule has 0 atom stereocenters. The van der Waals surface area contributed by atoms with E-state index in [-0.39, 0.29) is 11.4 Å². The summed E-state index contributed by atoms with van der Waals surface area (Å²) in [5, 5.41) is 14.7. The Bertz CT molecular complexity index is 739. The molecule has 0 bridgehead atoms. The van der Waals surface area contributed by atoms with Crippen molar-refractivity contribution in [3.8, 4) is 5.69 Å². The number of rotatable bonds is 3. The van der Waals surface area contributed by atoms with Crippen molar-refractivity contribution >= 4 is 11.7 Å². The van der Waals surface area contributed by atoms with Crippen LogP contribution in [0.2, 0.25) is 0 Å². The maximum absolute atomic E-state index is 12.6. The molecule has 2 aromatic rings. The van der Waals surface area contributed by atoms with Crippen LogP contribution < -0.4 is 0 Å². The van der Waals surface area contributed by atoms with E-state index in [1.54, 1.807) is 0 Å². The Hall–Kier alpha value is -2.91. The summed E-state index contributed by atoms with van der Waals surface area (Å²) in [5.41, 5.74) is -2.26. The number of ether oxygens (including phenoxy) is 1. The van der Waals surface area contributed by atoms with Crippen molar-refractivity contribution in [1.29, 1.82) is 0 Å². The van der Waals surface area contributed by atoms with Gasteiger partial charge in [0.2, 0.25) is 0 Å². The minimum Gasteiger partial charge on any atom is -0.464 e. The van der Waals surface area contributed by atoms with Crippen LogP contribution in [0.25, 0.3) is 5.69 Å². The van der Waals surface area contributed by atoms with E-state index in [2.05, 4.69) is 9.84 Å². The molecule has 22 heavy (non-hydrogen) atoms. The van der Waals surface area contributed by atoms with E-state index in [1.165, 1.54) is 12.3 Å². The van der Waals surface area contributed by atoms with Crippen LogP contribution in [-0.4, -0.2) is 27.8 Å². The summed E-state index contributed by atoms with van der Waals surface area (Å²) in [7, 11) is 1.13. The van der Waals surface area contributed by atoms with Gasteiger partial charge < -0.3 is 4.74 Å². The first-order chi connectivity index (χ1) is 10.2. The maximum Gasteiger partial charge on any atom is 0.416 e. The van der Waals surface area contributed by atoms with Gasteiger partial charge in [-0.05, 0) is 18.2 Å². The normalized spacial score (nSPS) is 11.3. The molecule has 0 unspecified atom stereocenters. The van der Waals surface area contributed by atoms with Gasteiger partial charge in [-0.3, -0.25) is 10.1 Å². The molecule has 10 heteroatoms. The lowest BCUT2D eigenvalue weighted by atomic mass is 10.1. The molecule has 0 radical (unpaired) electrons. The minimum absolute atomic E-state index is 0.128. The largest absolute Gasteiger partial charge is 0.464 e. The number of nitrogens with zero attached hydrogens (tertiary/aromatic N) is 3. The molecular formula is C12H8F3N3O4. The second-order valence-corrected chi connectivity index (χ2v) is 4.10. The number of hydrogen-bond acceptors (Lipinski definition) is 5. The number of carbonyl (C=O) groups is 1. The monoisotopic (exact) mass is 315 g/mol. The molecule has 0 saturated carbocycles. The fourth-order valence-corrected chi connectivity index (χ4v) is 1.71. The Kier molecular flexibility index (Phi) is 3.85. The zero-order valence-electron chi connectivity index (χ0n) is 11.0. The molecule has 0 aliphatic heterocycles. The first-order valence-corrected chi connectivity index (χ1v) is 5.74. The number of alkyl halides is 3. The Morgan fingerprint density at radius 1 is 1.36 bits per heavy atom. The molecule has 0 N–H and O–H groups in total. The van der Waals surface area contributed by atoms with E-state index >= 15 is 0 Å². The van der Waals surface area contributed by atoms with Crippen molar-refractivity contribution in [2.45, 2.75) is 6.18 Å². The van der Waals surface area contributed by atoms with Crippen LogP contribution in [0.5, 0.6) is 0 Å². The maximum atomic E-state index is 12.6. The Labute approximate surface area is 121 Å². The summed E-state index contributed by atoms with van der Waals surface area (Å²) in [6.45, 7) is 0. The molecule has 1 heterocycles. The molecule has 0 aliphatic rings. The van der Waals surface area contributed by atoms with Gasteiger partial charge in [0.15, 0.2) is 5.69 Å². The fourth-order valence-electron chi connectivity index (χ4n) is 1.71. The molecule has 0 fully saturated rings. The zero-order valence-corrected chi connectivity index (χ0v) is 11.0. The lowest BCUT2D eigenvalue weighted by Crippen LogP contribution is -2.09. The summed E-state index contributed by atoms with van der Waals surface area (Å²) in [5.74, 6) is -0.770. The SMILES string of the molecule is COC(=O)c1ccn(-c2ccc(C(F)(F)F)cc2[N+](=O)[O-])n1. The second-order valence-electron chi connectivity index (χ2n) is 4.10. The highest BCUT2D eigenvalue weighted by Crippen LogP contribution is 2.34. The number of aromatic nitrogens is 2. The highest BCUT2D eigenvalue weighted by atomic mass is 19.4. The number of benzene rings is 1. The van der Waals surface area contributed by atoms with Crippen LogP contribution in [0.15, 0.2) is 30.5 Å². The first kappa shape index (κ1) is 15.5. The van der Waals surface area contributed by atoms with Gasteiger partial charge in [-0.15, -0.1) is 0 Å². The Morgan fingerprint density at radius 2 is 2.05 bits per heavy atom. The van der Waals surface area contributed by atoms with E-state index in [0.29, 0.717) is 12.1 Å². The number of esters is 1. The first-order valence-electron chi connectivity index (χ1n) is 5.74. The van der Waals surface area contributed by atoms with Crippen LogP contribution in [0.1, 0.15) is 16.1 Å². The number of halogens is 3. The number of hydrogen-bond donors (Lipinski definition) is 0. The molecule has 2 rings (SSSR count). The molecule has 0 amide bonds. The highest BCUT2D eigenvalue weighted by molar-refractivity contribution is 5.87. The average molecular weight is 315 g/mol. The van der Waals surface area contributed by atoms with Crippen molar-refractivity contribution in [3.05, 3.63) is 51.8 Å². The predicted molar refractivity (Wildman–Crippen MR) is 66.6 cm³/mol. The van der Waals surface area contributed by atoms with Crippen LogP contribution in [0, 0.1) is 10.1 Å². The van der Waals surface area contributed by atoms with Crippen LogP contribution >= 0.6 is 0 Å². The molecule has 0 spiro atoms. The predicted octanol–water partition coefficient (Wildman–Crippen LogP) is 2.59. The number of methoxy groups -OCH3 is 1. The van der Waals surface area contributed by atoms with Gasteiger partial charge in [0.1, 0.15) is 5.69 Å². The minimum atomic E-state index is -4.70. The van der Waals surface area contributed by atoms with Crippen LogP contribution in [-0.2, 0) is 10.9 Å². The van der Waals surface area contributed by atoms with Gasteiger partial charge in [0, 0.05) is 12.3 Å². The van der Waals surface area contributed by atoms with Gasteiger partial charge in [0.25, 0.3) is 5.69 Å². The molecule has 0 aliphatic carbocycles. The second kappa shape index (κ2) is 5.47. The average Bonchev–Trinajstić information content (AvgIpc) is 2.94. The van der Waals surface area contributed by atoms with Gasteiger partial charge in [0.05, 0.1) is 17.6 Å². The third-order valence-electron chi connectivity index (χ3n) is 2.73. The van der Waals surface area contributed by atoms with E-state index in [9.17, 15) is 28.1 Å². The highest BCUT2D eigenvalue weighted by Gasteiger charge is 2.33. The lowest BCUT2D eigenvalue weighted by Gasteiger charge is -2.08. The van der Waals surface area contributed by atoms with Gasteiger partial charge >= 0.3 is 12.1 Å². The van der Waals surface area contributed by atoms with Crippen molar-refractivity contribution in [1.82, 2.24) is 9.78 Å². The van der Waals surface area contributed by atoms with E-state index in [1.807, 2.05) is 0 Å². The van der Waals surface area contributed by atoms with E-state index in [0.717, 1.165) is 17.9 Å². The standard InChI is InChI=1S/C12H8F3N3O4/c1-22-11(19)8-4-5-17(16-8)9-3-2-7(12(13,14)15)6-10(9)18(20)21/h2-6H,1H3.